The van der Waals surface area contributed by atoms with Gasteiger partial charge in [-0.05, 0) is 12.8 Å². The predicted octanol–water partition coefficient (Wildman–Crippen LogP) is 6.56. The van der Waals surface area contributed by atoms with E-state index >= 15 is 0 Å². The van der Waals surface area contributed by atoms with Gasteiger partial charge in [-0.2, -0.15) is 0 Å². The summed E-state index contributed by atoms with van der Waals surface area (Å²) in [5.41, 5.74) is 0. The molecule has 1 rings (SSSR count). The zero-order valence-electron chi connectivity index (χ0n) is 41.5. The lowest BCUT2D eigenvalue weighted by Crippen LogP contribution is -2.64. The van der Waals surface area contributed by atoms with Gasteiger partial charge in [-0.15, -0.1) is 0 Å². The number of phosphoric ester groups is 1. The van der Waals surface area contributed by atoms with Gasteiger partial charge in [0.2, 0.25) is 5.91 Å². The Morgan fingerprint density at radius 2 is 1.10 bits per heavy atom. The Hall–Kier alpha value is -2.45. The van der Waals surface area contributed by atoms with E-state index in [0.717, 1.165) is 38.5 Å². The van der Waals surface area contributed by atoms with E-state index in [1.165, 1.54) is 116 Å². The third-order valence-corrected chi connectivity index (χ3v) is 12.6. The Bertz CT molecular complexity index is 1330. The molecule has 1 saturated heterocycles. The molecule has 0 aromatic carbocycles. The molecule has 2 amide bonds. The van der Waals surface area contributed by atoms with Crippen LogP contribution in [0.3, 0.4) is 0 Å². The van der Waals surface area contributed by atoms with Crippen molar-refractivity contribution in [2.75, 3.05) is 52.8 Å². The van der Waals surface area contributed by atoms with Crippen LogP contribution in [-0.2, 0) is 51.7 Å². The molecule has 0 saturated carbocycles. The van der Waals surface area contributed by atoms with Crippen molar-refractivity contribution in [3.8, 4) is 0 Å². The van der Waals surface area contributed by atoms with Crippen LogP contribution in [0.15, 0.2) is 0 Å². The van der Waals surface area contributed by atoms with Gasteiger partial charge < -0.3 is 68.7 Å². The van der Waals surface area contributed by atoms with Gasteiger partial charge >= 0.3 is 18.0 Å². The molecule has 0 bridgehead atoms. The summed E-state index contributed by atoms with van der Waals surface area (Å²) < 4.78 is 48.2. The average Bonchev–Trinajstić information content (AvgIpc) is 3.31. The first-order chi connectivity index (χ1) is 32.8. The fourth-order valence-corrected chi connectivity index (χ4v) is 8.34. The maximum absolute atomic E-state index is 12.8. The van der Waals surface area contributed by atoms with Gasteiger partial charge in [0, 0.05) is 19.4 Å². The van der Waals surface area contributed by atoms with Crippen molar-refractivity contribution in [2.45, 2.75) is 230 Å². The van der Waals surface area contributed by atoms with Crippen LogP contribution in [0.2, 0.25) is 0 Å². The predicted molar refractivity (Wildman–Crippen MR) is 253 cm³/mol. The second-order valence-corrected chi connectivity index (χ2v) is 19.2. The molecule has 20 heteroatoms. The highest BCUT2D eigenvalue weighted by Gasteiger charge is 2.44. The van der Waals surface area contributed by atoms with Crippen molar-refractivity contribution >= 4 is 31.8 Å². The molecule has 1 aliphatic rings. The molecule has 0 aromatic heterocycles. The number of carbonyl (C=O) groups excluding carboxylic acids is 4. The van der Waals surface area contributed by atoms with E-state index in [2.05, 4.69) is 24.5 Å². The number of unbranched alkanes of at least 4 members (excludes halogenated alkanes) is 24. The number of carbonyl (C=O) groups is 4. The summed E-state index contributed by atoms with van der Waals surface area (Å²) in [5.74, 6) is -1.82. The number of nitrogens with one attached hydrogen (secondary N) is 2. The number of hydrogen-bond donors (Lipinski definition) is 6. The SMILES string of the molecule is CCCCCCCCCCCCCCCC(=O)OC[C@H](COP(=O)([O-])OCCNC(=O)OCCOCC(=O)NC1C(O)OC(CO)C(O)C1O)OC(=O)CCCCCCCCCCCCCCC. The van der Waals surface area contributed by atoms with Crippen molar-refractivity contribution in [1.82, 2.24) is 10.6 Å². The monoisotopic (exact) mass is 998 g/mol. The van der Waals surface area contributed by atoms with Crippen molar-refractivity contribution < 1.29 is 81.8 Å². The number of alkyl carbamates (subject to hydrolysis) is 1. The highest BCUT2D eigenvalue weighted by molar-refractivity contribution is 7.45. The summed E-state index contributed by atoms with van der Waals surface area (Å²) in [6, 6.07) is -1.39. The first kappa shape index (κ1) is 63.6. The Morgan fingerprint density at radius 3 is 1.60 bits per heavy atom. The Kier molecular flexibility index (Phi) is 39.5. The van der Waals surface area contributed by atoms with Crippen LogP contribution in [0.1, 0.15) is 194 Å². The van der Waals surface area contributed by atoms with Gasteiger partial charge in [0.1, 0.15) is 44.2 Å². The lowest BCUT2D eigenvalue weighted by Gasteiger charge is -2.40. The third-order valence-electron chi connectivity index (χ3n) is 11.7. The van der Waals surface area contributed by atoms with Gasteiger partial charge in [0.25, 0.3) is 7.82 Å². The Morgan fingerprint density at radius 1 is 0.618 bits per heavy atom. The highest BCUT2D eigenvalue weighted by atomic mass is 31.2. The van der Waals surface area contributed by atoms with E-state index in [4.69, 9.17) is 37.8 Å². The van der Waals surface area contributed by atoms with Gasteiger partial charge in [0.05, 0.1) is 26.4 Å². The summed E-state index contributed by atoms with van der Waals surface area (Å²) in [7, 11) is -4.96. The van der Waals surface area contributed by atoms with Crippen molar-refractivity contribution in [3.05, 3.63) is 0 Å². The summed E-state index contributed by atoms with van der Waals surface area (Å²) >= 11 is 0. The number of aliphatic hydroxyl groups excluding tert-OH is 4. The van der Waals surface area contributed by atoms with Gasteiger partial charge in [-0.25, -0.2) is 4.79 Å². The zero-order chi connectivity index (χ0) is 50.1. The molecule has 6 unspecified atom stereocenters. The lowest BCUT2D eigenvalue weighted by molar-refractivity contribution is -0.254. The normalized spacial score (nSPS) is 19.5. The first-order valence-electron chi connectivity index (χ1n) is 25.9. The fourth-order valence-electron chi connectivity index (χ4n) is 7.61. The fraction of sp³-hybridized carbons (Fsp3) is 0.917. The number of ether oxygens (including phenoxy) is 5. The van der Waals surface area contributed by atoms with Gasteiger partial charge in [-0.1, -0.05) is 168 Å². The van der Waals surface area contributed by atoms with E-state index in [1.54, 1.807) is 0 Å². The Labute approximate surface area is 406 Å². The average molecular weight is 998 g/mol. The minimum Gasteiger partial charge on any atom is -0.756 e. The Balaban J connectivity index is 2.40. The van der Waals surface area contributed by atoms with Crippen LogP contribution in [0.25, 0.3) is 0 Å². The molecule has 68 heavy (non-hydrogen) atoms. The largest absolute Gasteiger partial charge is 0.756 e. The van der Waals surface area contributed by atoms with Gasteiger partial charge in [0.15, 0.2) is 12.4 Å². The van der Waals surface area contributed by atoms with Crippen molar-refractivity contribution in [2.24, 2.45) is 0 Å². The van der Waals surface area contributed by atoms with Crippen molar-refractivity contribution in [1.29, 1.82) is 0 Å². The van der Waals surface area contributed by atoms with E-state index in [0.29, 0.717) is 12.8 Å². The first-order valence-corrected chi connectivity index (χ1v) is 27.3. The maximum atomic E-state index is 12.8. The smallest absolute Gasteiger partial charge is 0.407 e. The molecular weight excluding hydrogens is 907 g/mol. The summed E-state index contributed by atoms with van der Waals surface area (Å²) in [6.07, 6.45) is 22.3. The molecule has 1 heterocycles. The number of hydrogen-bond acceptors (Lipinski definition) is 17. The molecule has 19 nitrogen and oxygen atoms in total. The van der Waals surface area contributed by atoms with Gasteiger partial charge in [-0.3, -0.25) is 18.9 Å². The number of rotatable bonds is 45. The molecule has 400 valence electrons. The highest BCUT2D eigenvalue weighted by Crippen LogP contribution is 2.38. The van der Waals surface area contributed by atoms with Crippen LogP contribution in [0.4, 0.5) is 4.79 Å². The second kappa shape index (κ2) is 42.3. The molecule has 0 spiro atoms. The topological polar surface area (TPSA) is 278 Å². The van der Waals surface area contributed by atoms with E-state index in [9.17, 15) is 44.0 Å². The summed E-state index contributed by atoms with van der Waals surface area (Å²) in [4.78, 5) is 62.1. The number of amides is 2. The van der Waals surface area contributed by atoms with E-state index < -0.39 is 94.9 Å². The minimum atomic E-state index is -4.96. The van der Waals surface area contributed by atoms with E-state index in [1.807, 2.05) is 0 Å². The quantitative estimate of drug-likeness (QED) is 0.0163. The number of phosphoric acid groups is 1. The molecule has 1 fully saturated rings. The van der Waals surface area contributed by atoms with Crippen LogP contribution in [-0.4, -0.2) is 134 Å². The van der Waals surface area contributed by atoms with Crippen LogP contribution < -0.4 is 15.5 Å². The second-order valence-electron chi connectivity index (χ2n) is 17.8. The number of esters is 2. The standard InChI is InChI=1S/C48H91N2O17P/c1-3-5-7-9-11-13-15-17-19-21-23-25-27-29-42(53)63-36-39(66-43(54)30-28-26-24-22-20-18-16-14-12-10-8-6-4-2)37-65-68(59,60)64-32-31-49-48(58)62-34-33-61-38-41(52)50-44-46(56)45(55)40(35-51)67-47(44)57/h39-40,44-47,51,55-57H,3-38H2,1-2H3,(H,49,58)(H,50,52)(H,59,60)/p-1/t39-,40?,44?,45?,46?,47?/m1/s1. The maximum Gasteiger partial charge on any atom is 0.407 e. The summed E-state index contributed by atoms with van der Waals surface area (Å²) in [6.45, 7) is 0.827. The molecule has 6 N–H and O–H groups in total. The molecular formula is C48H90N2O17P-. The van der Waals surface area contributed by atoms with E-state index in [-0.39, 0.29) is 39.2 Å². The van der Waals surface area contributed by atoms with Crippen LogP contribution in [0.5, 0.6) is 0 Å². The minimum absolute atomic E-state index is 0.126. The molecule has 0 aliphatic carbocycles. The summed E-state index contributed by atoms with van der Waals surface area (Å²) in [5, 5.41) is 43.7. The molecule has 1 aliphatic heterocycles. The third kappa shape index (κ3) is 34.8. The van der Waals surface area contributed by atoms with Crippen LogP contribution in [0, 0.1) is 0 Å². The van der Waals surface area contributed by atoms with Crippen LogP contribution >= 0.6 is 7.82 Å². The number of aliphatic hydroxyl groups is 4. The molecule has 0 aromatic rings. The van der Waals surface area contributed by atoms with Crippen molar-refractivity contribution in [3.63, 3.8) is 0 Å². The molecule has 7 atom stereocenters. The molecule has 0 radical (unpaired) electrons. The lowest BCUT2D eigenvalue weighted by atomic mass is 9.97. The zero-order valence-corrected chi connectivity index (χ0v) is 42.4.